The van der Waals surface area contributed by atoms with Gasteiger partial charge in [-0.2, -0.15) is 0 Å². The average Bonchev–Trinajstić information content (AvgIpc) is 2.47. The second kappa shape index (κ2) is 5.97. The number of benzene rings is 1. The molecule has 0 saturated heterocycles. The van der Waals surface area contributed by atoms with Gasteiger partial charge in [-0.1, -0.05) is 0 Å². The second-order valence-electron chi connectivity index (χ2n) is 4.20. The van der Waals surface area contributed by atoms with Gasteiger partial charge in [-0.3, -0.25) is 14.6 Å². The largest absolute Gasteiger partial charge is 0.495 e. The Labute approximate surface area is 116 Å². The van der Waals surface area contributed by atoms with E-state index in [2.05, 4.69) is 10.3 Å². The number of methoxy groups -OCH3 is 1. The van der Waals surface area contributed by atoms with Gasteiger partial charge in [0.15, 0.2) is 5.78 Å². The zero-order chi connectivity index (χ0) is 14.5. The van der Waals surface area contributed by atoms with Crippen LogP contribution in [-0.2, 0) is 0 Å². The van der Waals surface area contributed by atoms with Crippen molar-refractivity contribution in [2.75, 3.05) is 12.4 Å². The zero-order valence-corrected chi connectivity index (χ0v) is 11.2. The predicted molar refractivity (Wildman–Crippen MR) is 75.2 cm³/mol. The lowest BCUT2D eigenvalue weighted by atomic mass is 10.1. The standard InChI is InChI=1S/C15H14N2O3/c1-10(18)11-3-5-13(6-4-11)17-15(19)12-7-14(20-2)9-16-8-12/h3-9H,1-2H3,(H,17,19). The summed E-state index contributed by atoms with van der Waals surface area (Å²) in [5.74, 6) is 0.219. The highest BCUT2D eigenvalue weighted by Gasteiger charge is 2.08. The van der Waals surface area contributed by atoms with Crippen LogP contribution >= 0.6 is 0 Å². The number of carbonyl (C=O) groups excluding carboxylic acids is 2. The van der Waals surface area contributed by atoms with Crippen molar-refractivity contribution in [1.29, 1.82) is 0 Å². The number of amides is 1. The van der Waals surface area contributed by atoms with Crippen LogP contribution in [0, 0.1) is 0 Å². The molecule has 0 spiro atoms. The molecule has 0 aliphatic carbocycles. The molecule has 0 unspecified atom stereocenters. The third-order valence-electron chi connectivity index (χ3n) is 2.76. The third-order valence-corrected chi connectivity index (χ3v) is 2.76. The van der Waals surface area contributed by atoms with E-state index in [0.29, 0.717) is 22.6 Å². The number of ether oxygens (including phenoxy) is 1. The fraction of sp³-hybridized carbons (Fsp3) is 0.133. The van der Waals surface area contributed by atoms with E-state index in [0.717, 1.165) is 0 Å². The minimum Gasteiger partial charge on any atom is -0.495 e. The summed E-state index contributed by atoms with van der Waals surface area (Å²) < 4.78 is 5.02. The van der Waals surface area contributed by atoms with E-state index >= 15 is 0 Å². The first-order valence-electron chi connectivity index (χ1n) is 6.01. The molecular weight excluding hydrogens is 256 g/mol. The maximum Gasteiger partial charge on any atom is 0.257 e. The van der Waals surface area contributed by atoms with E-state index in [4.69, 9.17) is 4.74 Å². The fourth-order valence-corrected chi connectivity index (χ4v) is 1.65. The molecule has 2 aromatic rings. The molecule has 5 nitrogen and oxygen atoms in total. The molecule has 0 atom stereocenters. The first-order chi connectivity index (χ1) is 9.60. The van der Waals surface area contributed by atoms with E-state index in [1.54, 1.807) is 30.3 Å². The molecule has 1 N–H and O–H groups in total. The van der Waals surface area contributed by atoms with Gasteiger partial charge in [0.1, 0.15) is 5.75 Å². The Balaban J connectivity index is 2.12. The van der Waals surface area contributed by atoms with Gasteiger partial charge in [-0.15, -0.1) is 0 Å². The van der Waals surface area contributed by atoms with Crippen molar-refractivity contribution in [2.24, 2.45) is 0 Å². The summed E-state index contributed by atoms with van der Waals surface area (Å²) in [6.45, 7) is 1.50. The number of carbonyl (C=O) groups is 2. The third kappa shape index (κ3) is 3.20. The van der Waals surface area contributed by atoms with Gasteiger partial charge in [-0.25, -0.2) is 0 Å². The average molecular weight is 270 g/mol. The van der Waals surface area contributed by atoms with Crippen LogP contribution < -0.4 is 10.1 Å². The summed E-state index contributed by atoms with van der Waals surface area (Å²) in [5, 5.41) is 2.73. The molecule has 1 aromatic heterocycles. The van der Waals surface area contributed by atoms with Gasteiger partial charge in [0, 0.05) is 17.4 Å². The van der Waals surface area contributed by atoms with E-state index in [-0.39, 0.29) is 11.7 Å². The van der Waals surface area contributed by atoms with Crippen LogP contribution in [0.25, 0.3) is 0 Å². The van der Waals surface area contributed by atoms with Gasteiger partial charge >= 0.3 is 0 Å². The van der Waals surface area contributed by atoms with Crippen LogP contribution in [0.3, 0.4) is 0 Å². The van der Waals surface area contributed by atoms with Gasteiger partial charge in [0.05, 0.1) is 18.9 Å². The van der Waals surface area contributed by atoms with Crippen LogP contribution in [-0.4, -0.2) is 23.8 Å². The van der Waals surface area contributed by atoms with Crippen LogP contribution in [0.2, 0.25) is 0 Å². The highest BCUT2D eigenvalue weighted by molar-refractivity contribution is 6.04. The van der Waals surface area contributed by atoms with Crippen LogP contribution in [0.5, 0.6) is 5.75 Å². The number of ketones is 1. The Bertz CT molecular complexity index is 636. The van der Waals surface area contributed by atoms with E-state index in [9.17, 15) is 9.59 Å². The summed E-state index contributed by atoms with van der Waals surface area (Å²) in [5.41, 5.74) is 1.62. The molecule has 0 fully saturated rings. The molecule has 5 heteroatoms. The monoisotopic (exact) mass is 270 g/mol. The highest BCUT2D eigenvalue weighted by atomic mass is 16.5. The number of nitrogens with zero attached hydrogens (tertiary/aromatic N) is 1. The minimum atomic E-state index is -0.285. The quantitative estimate of drug-likeness (QED) is 0.867. The zero-order valence-electron chi connectivity index (χ0n) is 11.2. The Morgan fingerprint density at radius 2 is 1.80 bits per heavy atom. The Morgan fingerprint density at radius 1 is 1.10 bits per heavy atom. The molecule has 0 aliphatic heterocycles. The van der Waals surface area contributed by atoms with Crippen LogP contribution in [0.15, 0.2) is 42.7 Å². The molecule has 102 valence electrons. The lowest BCUT2D eigenvalue weighted by molar-refractivity contribution is 0.101. The fourth-order valence-electron chi connectivity index (χ4n) is 1.65. The Kier molecular flexibility index (Phi) is 4.10. The van der Waals surface area contributed by atoms with Crippen molar-refractivity contribution in [3.05, 3.63) is 53.9 Å². The number of pyridine rings is 1. The molecule has 0 radical (unpaired) electrons. The summed E-state index contributed by atoms with van der Waals surface area (Å²) in [6.07, 6.45) is 2.99. The lowest BCUT2D eigenvalue weighted by Gasteiger charge is -2.06. The summed E-state index contributed by atoms with van der Waals surface area (Å²) in [6, 6.07) is 8.31. The van der Waals surface area contributed by atoms with Crippen molar-refractivity contribution in [1.82, 2.24) is 4.98 Å². The maximum atomic E-state index is 12.0. The Hall–Kier alpha value is -2.69. The number of rotatable bonds is 4. The van der Waals surface area contributed by atoms with Crippen LogP contribution in [0.4, 0.5) is 5.69 Å². The highest BCUT2D eigenvalue weighted by Crippen LogP contribution is 2.14. The van der Waals surface area contributed by atoms with E-state index in [1.807, 2.05) is 0 Å². The number of hydrogen-bond donors (Lipinski definition) is 1. The first kappa shape index (κ1) is 13.7. The molecule has 2 rings (SSSR count). The van der Waals surface area contributed by atoms with E-state index in [1.165, 1.54) is 26.4 Å². The van der Waals surface area contributed by atoms with Crippen molar-refractivity contribution >= 4 is 17.4 Å². The van der Waals surface area contributed by atoms with E-state index < -0.39 is 0 Å². The normalized spacial score (nSPS) is 9.90. The minimum absolute atomic E-state index is 0.0140. The van der Waals surface area contributed by atoms with Crippen molar-refractivity contribution in [3.63, 3.8) is 0 Å². The molecular formula is C15H14N2O3. The second-order valence-corrected chi connectivity index (χ2v) is 4.20. The number of aromatic nitrogens is 1. The van der Waals surface area contributed by atoms with Crippen molar-refractivity contribution < 1.29 is 14.3 Å². The van der Waals surface area contributed by atoms with Gasteiger partial charge in [-0.05, 0) is 37.3 Å². The molecule has 1 aromatic carbocycles. The van der Waals surface area contributed by atoms with Crippen LogP contribution in [0.1, 0.15) is 27.6 Å². The van der Waals surface area contributed by atoms with Crippen molar-refractivity contribution in [2.45, 2.75) is 6.92 Å². The molecule has 0 bridgehead atoms. The first-order valence-corrected chi connectivity index (χ1v) is 6.01. The smallest absolute Gasteiger partial charge is 0.257 e. The van der Waals surface area contributed by atoms with Gasteiger partial charge in [0.25, 0.3) is 5.91 Å². The summed E-state index contributed by atoms with van der Waals surface area (Å²) in [4.78, 5) is 27.1. The number of hydrogen-bond acceptors (Lipinski definition) is 4. The molecule has 0 aliphatic rings. The molecule has 1 heterocycles. The Morgan fingerprint density at radius 3 is 2.40 bits per heavy atom. The lowest BCUT2D eigenvalue weighted by Crippen LogP contribution is -2.12. The number of Topliss-reactive ketones (excluding diaryl/α,β-unsaturated/α-hetero) is 1. The van der Waals surface area contributed by atoms with Gasteiger partial charge < -0.3 is 10.1 Å². The molecule has 20 heavy (non-hydrogen) atoms. The SMILES string of the molecule is COc1cncc(C(=O)Nc2ccc(C(C)=O)cc2)c1. The topological polar surface area (TPSA) is 68.3 Å². The molecule has 0 saturated carbocycles. The number of anilines is 1. The summed E-state index contributed by atoms with van der Waals surface area (Å²) in [7, 11) is 1.51. The summed E-state index contributed by atoms with van der Waals surface area (Å²) >= 11 is 0. The molecule has 1 amide bonds. The predicted octanol–water partition coefficient (Wildman–Crippen LogP) is 2.55. The number of nitrogens with one attached hydrogen (secondary N) is 1. The van der Waals surface area contributed by atoms with Gasteiger partial charge in [0.2, 0.25) is 0 Å². The maximum absolute atomic E-state index is 12.0. The van der Waals surface area contributed by atoms with Crippen molar-refractivity contribution in [3.8, 4) is 5.75 Å².